The third kappa shape index (κ3) is 3.13. The van der Waals surface area contributed by atoms with Crippen molar-refractivity contribution >= 4 is 23.3 Å². The van der Waals surface area contributed by atoms with Crippen molar-refractivity contribution in [3.05, 3.63) is 22.8 Å². The van der Waals surface area contributed by atoms with Crippen LogP contribution in [0.15, 0.2) is 12.3 Å². The van der Waals surface area contributed by atoms with Crippen molar-refractivity contribution in [3.63, 3.8) is 0 Å². The molecule has 7 heteroatoms. The molecule has 2 rings (SSSR count). The zero-order valence-electron chi connectivity index (χ0n) is 10.3. The average Bonchev–Trinajstić information content (AvgIpc) is 2.40. The van der Waals surface area contributed by atoms with Crippen molar-refractivity contribution in [2.75, 3.05) is 37.6 Å². The number of rotatable bonds is 3. The number of primary amides is 1. The summed E-state index contributed by atoms with van der Waals surface area (Å²) < 4.78 is 0. The molecular weight excluding hydrogens is 266 g/mol. The van der Waals surface area contributed by atoms with Crippen LogP contribution in [0.1, 0.15) is 10.4 Å². The van der Waals surface area contributed by atoms with Crippen LogP contribution < -0.4 is 10.6 Å². The molecule has 1 saturated heterocycles. The van der Waals surface area contributed by atoms with Gasteiger partial charge in [0.25, 0.3) is 0 Å². The highest BCUT2D eigenvalue weighted by Crippen LogP contribution is 2.24. The fourth-order valence-electron chi connectivity index (χ4n) is 2.02. The van der Waals surface area contributed by atoms with Crippen LogP contribution in [0.4, 0.5) is 5.82 Å². The first-order chi connectivity index (χ1) is 9.11. The molecular formula is C12H14ClN5O. The highest BCUT2D eigenvalue weighted by molar-refractivity contribution is 6.33. The molecule has 1 aromatic rings. The molecule has 1 amide bonds. The highest BCUT2D eigenvalue weighted by Gasteiger charge is 2.20. The fourth-order valence-corrected chi connectivity index (χ4v) is 2.30. The number of nitriles is 1. The molecule has 6 nitrogen and oxygen atoms in total. The lowest BCUT2D eigenvalue weighted by Gasteiger charge is -2.34. The first kappa shape index (κ1) is 13.6. The number of hydrogen-bond acceptors (Lipinski definition) is 5. The van der Waals surface area contributed by atoms with Crippen molar-refractivity contribution in [2.45, 2.75) is 0 Å². The summed E-state index contributed by atoms with van der Waals surface area (Å²) in [5.74, 6) is 0.114. The summed E-state index contributed by atoms with van der Waals surface area (Å²) in [6, 6.07) is 3.67. The van der Waals surface area contributed by atoms with Crippen LogP contribution in [0.5, 0.6) is 0 Å². The molecule has 0 radical (unpaired) electrons. The molecule has 1 aromatic heterocycles. The number of pyridine rings is 1. The van der Waals surface area contributed by atoms with E-state index in [1.807, 2.05) is 4.90 Å². The van der Waals surface area contributed by atoms with Crippen LogP contribution in [0.3, 0.4) is 0 Å². The zero-order valence-corrected chi connectivity index (χ0v) is 11.1. The van der Waals surface area contributed by atoms with Gasteiger partial charge in [-0.25, -0.2) is 4.98 Å². The van der Waals surface area contributed by atoms with Gasteiger partial charge < -0.3 is 10.6 Å². The van der Waals surface area contributed by atoms with Gasteiger partial charge in [-0.3, -0.25) is 9.69 Å². The summed E-state index contributed by atoms with van der Waals surface area (Å²) in [6.07, 6.45) is 1.44. The SMILES string of the molecule is N#CCN1CCN(c2ncc(C(N)=O)cc2Cl)CC1. The van der Waals surface area contributed by atoms with Gasteiger partial charge >= 0.3 is 0 Å². The van der Waals surface area contributed by atoms with E-state index >= 15 is 0 Å². The molecule has 100 valence electrons. The van der Waals surface area contributed by atoms with Gasteiger partial charge in [-0.05, 0) is 6.07 Å². The molecule has 1 aliphatic heterocycles. The third-order valence-corrected chi connectivity index (χ3v) is 3.35. The average molecular weight is 280 g/mol. The number of halogens is 1. The highest BCUT2D eigenvalue weighted by atomic mass is 35.5. The number of piperazine rings is 1. The van der Waals surface area contributed by atoms with Crippen molar-refractivity contribution in [3.8, 4) is 6.07 Å². The molecule has 0 bridgehead atoms. The maximum atomic E-state index is 11.0. The number of carbonyl (C=O) groups excluding carboxylic acids is 1. The quantitative estimate of drug-likeness (QED) is 0.813. The minimum Gasteiger partial charge on any atom is -0.366 e. The third-order valence-electron chi connectivity index (χ3n) is 3.07. The number of amides is 1. The topological polar surface area (TPSA) is 86.2 Å². The number of aromatic nitrogens is 1. The summed E-state index contributed by atoms with van der Waals surface area (Å²) in [5.41, 5.74) is 5.48. The Hall–Kier alpha value is -1.84. The van der Waals surface area contributed by atoms with Gasteiger partial charge in [0.05, 0.1) is 23.2 Å². The number of anilines is 1. The molecule has 19 heavy (non-hydrogen) atoms. The molecule has 0 saturated carbocycles. The van der Waals surface area contributed by atoms with Gasteiger partial charge in [0.15, 0.2) is 0 Å². The Morgan fingerprint density at radius 1 is 1.47 bits per heavy atom. The van der Waals surface area contributed by atoms with Crippen LogP contribution in [0, 0.1) is 11.3 Å². The van der Waals surface area contributed by atoms with E-state index in [0.29, 0.717) is 22.9 Å². The van der Waals surface area contributed by atoms with Crippen LogP contribution in [-0.4, -0.2) is 48.5 Å². The van der Waals surface area contributed by atoms with E-state index in [0.717, 1.165) is 26.2 Å². The Labute approximate surface area is 116 Å². The molecule has 2 heterocycles. The summed E-state index contributed by atoms with van der Waals surface area (Å²) in [7, 11) is 0. The molecule has 0 unspecified atom stereocenters. The van der Waals surface area contributed by atoms with Crippen LogP contribution in [0.2, 0.25) is 5.02 Å². The van der Waals surface area contributed by atoms with Crippen molar-refractivity contribution in [2.24, 2.45) is 5.73 Å². The summed E-state index contributed by atoms with van der Waals surface area (Å²) in [6.45, 7) is 3.54. The van der Waals surface area contributed by atoms with Crippen LogP contribution >= 0.6 is 11.6 Å². The smallest absolute Gasteiger partial charge is 0.250 e. The molecule has 0 atom stereocenters. The van der Waals surface area contributed by atoms with Crippen LogP contribution in [0.25, 0.3) is 0 Å². The predicted molar refractivity (Wildman–Crippen MR) is 72.0 cm³/mol. The summed E-state index contributed by atoms with van der Waals surface area (Å²) in [5, 5.41) is 9.07. The number of nitrogens with two attached hydrogens (primary N) is 1. The molecule has 0 aliphatic carbocycles. The van der Waals surface area contributed by atoms with Gasteiger partial charge in [0, 0.05) is 32.4 Å². The Kier molecular flexibility index (Phi) is 4.20. The lowest BCUT2D eigenvalue weighted by atomic mass is 10.2. The Morgan fingerprint density at radius 2 is 2.16 bits per heavy atom. The summed E-state index contributed by atoms with van der Waals surface area (Å²) >= 11 is 6.13. The molecule has 1 fully saturated rings. The van der Waals surface area contributed by atoms with Crippen molar-refractivity contribution in [1.29, 1.82) is 5.26 Å². The number of hydrogen-bond donors (Lipinski definition) is 1. The minimum atomic E-state index is -0.542. The second kappa shape index (κ2) is 5.87. The first-order valence-electron chi connectivity index (χ1n) is 5.91. The van der Waals surface area contributed by atoms with Crippen LogP contribution in [-0.2, 0) is 0 Å². The Bertz CT molecular complexity index is 519. The van der Waals surface area contributed by atoms with E-state index in [2.05, 4.69) is 16.0 Å². The lowest BCUT2D eigenvalue weighted by molar-refractivity contribution is 0.1000. The van der Waals surface area contributed by atoms with E-state index in [1.54, 1.807) is 0 Å². The second-order valence-corrected chi connectivity index (χ2v) is 4.72. The minimum absolute atomic E-state index is 0.303. The molecule has 2 N–H and O–H groups in total. The van der Waals surface area contributed by atoms with E-state index in [4.69, 9.17) is 22.6 Å². The largest absolute Gasteiger partial charge is 0.366 e. The molecule has 0 spiro atoms. The maximum Gasteiger partial charge on any atom is 0.250 e. The predicted octanol–water partition coefficient (Wildman–Crippen LogP) is 0.479. The van der Waals surface area contributed by atoms with Crippen molar-refractivity contribution < 1.29 is 4.79 Å². The number of carbonyl (C=O) groups is 1. The maximum absolute atomic E-state index is 11.0. The molecule has 1 aliphatic rings. The molecule has 0 aromatic carbocycles. The van der Waals surface area contributed by atoms with Gasteiger partial charge in [-0.2, -0.15) is 5.26 Å². The van der Waals surface area contributed by atoms with Gasteiger partial charge in [-0.1, -0.05) is 11.6 Å². The zero-order chi connectivity index (χ0) is 13.8. The van der Waals surface area contributed by atoms with Gasteiger partial charge in [0.1, 0.15) is 5.82 Å². The fraction of sp³-hybridized carbons (Fsp3) is 0.417. The Morgan fingerprint density at radius 3 is 2.68 bits per heavy atom. The van der Waals surface area contributed by atoms with Gasteiger partial charge in [-0.15, -0.1) is 0 Å². The van der Waals surface area contributed by atoms with E-state index in [-0.39, 0.29) is 0 Å². The normalized spacial score (nSPS) is 16.1. The van der Waals surface area contributed by atoms with E-state index in [1.165, 1.54) is 12.3 Å². The number of nitrogens with zero attached hydrogens (tertiary/aromatic N) is 4. The monoisotopic (exact) mass is 279 g/mol. The first-order valence-corrected chi connectivity index (χ1v) is 6.29. The Balaban J connectivity index is 2.08. The van der Waals surface area contributed by atoms with Gasteiger partial charge in [0.2, 0.25) is 5.91 Å². The second-order valence-electron chi connectivity index (χ2n) is 4.31. The van der Waals surface area contributed by atoms with E-state index < -0.39 is 5.91 Å². The lowest BCUT2D eigenvalue weighted by Crippen LogP contribution is -2.46. The van der Waals surface area contributed by atoms with Crippen molar-refractivity contribution in [1.82, 2.24) is 9.88 Å². The summed E-state index contributed by atoms with van der Waals surface area (Å²) in [4.78, 5) is 19.3. The van der Waals surface area contributed by atoms with E-state index in [9.17, 15) is 4.79 Å². The standard InChI is InChI=1S/C12H14ClN5O/c13-10-7-9(11(15)19)8-16-12(10)18-5-3-17(2-1-14)4-6-18/h7-8H,2-6H2,(H2,15,19).